The van der Waals surface area contributed by atoms with Gasteiger partial charge in [-0.3, -0.25) is 18.9 Å². The monoisotopic (exact) mass is 847 g/mol. The van der Waals surface area contributed by atoms with E-state index in [-0.39, 0.29) is 35.8 Å². The molecule has 10 nitrogen and oxygen atoms in total. The van der Waals surface area contributed by atoms with Gasteiger partial charge in [-0.2, -0.15) is 0 Å². The van der Waals surface area contributed by atoms with Gasteiger partial charge in [-0.1, -0.05) is 147 Å². The molecule has 0 spiro atoms. The van der Waals surface area contributed by atoms with Crippen molar-refractivity contribution in [1.29, 1.82) is 0 Å². The van der Waals surface area contributed by atoms with Crippen molar-refractivity contribution in [3.8, 4) is 11.8 Å². The lowest BCUT2D eigenvalue weighted by molar-refractivity contribution is -0.156. The maximum Gasteiger partial charge on any atom is 0.328 e. The van der Waals surface area contributed by atoms with E-state index in [0.717, 1.165) is 35.1 Å². The summed E-state index contributed by atoms with van der Waals surface area (Å²) in [6.07, 6.45) is 2.70. The summed E-state index contributed by atoms with van der Waals surface area (Å²) in [7, 11) is 5.67. The number of halogens is 1. The molecule has 1 N–H and O–H groups in total. The number of carbonyl (C=O) groups excluding carboxylic acids is 4. The third-order valence-electron chi connectivity index (χ3n) is 11.5. The maximum atomic E-state index is 13.9. The first-order chi connectivity index (χ1) is 30.5. The molecule has 4 aromatic carbocycles. The summed E-state index contributed by atoms with van der Waals surface area (Å²) in [4.78, 5) is 58.3. The van der Waals surface area contributed by atoms with E-state index in [1.807, 2.05) is 135 Å². The molecule has 2 aliphatic rings. The minimum atomic E-state index is -1.00. The first-order valence-corrected chi connectivity index (χ1v) is 21.2. The predicted molar refractivity (Wildman–Crippen MR) is 242 cm³/mol. The van der Waals surface area contributed by atoms with Gasteiger partial charge in [0.05, 0.1) is 41.1 Å². The van der Waals surface area contributed by atoms with Gasteiger partial charge in [-0.15, -0.1) is 0 Å². The third kappa shape index (κ3) is 13.1. The first kappa shape index (κ1) is 47.2. The number of alkyl halides is 1. The highest BCUT2D eigenvalue weighted by molar-refractivity contribution is 5.92. The van der Waals surface area contributed by atoms with Crippen LogP contribution < -0.4 is 5.32 Å². The highest BCUT2D eigenvalue weighted by atomic mass is 19.1. The number of methoxy groups -OCH3 is 2. The number of carbonyl (C=O) groups is 4. The number of amides is 2. The second-order valence-electron chi connectivity index (χ2n) is 15.7. The lowest BCUT2D eigenvalue weighted by Crippen LogP contribution is -2.55. The molecular weight excluding hydrogens is 784 g/mol. The van der Waals surface area contributed by atoms with Crippen LogP contribution in [-0.4, -0.2) is 118 Å². The molecule has 0 unspecified atom stereocenters. The van der Waals surface area contributed by atoms with Crippen molar-refractivity contribution >= 4 is 23.8 Å². The molecule has 2 heterocycles. The van der Waals surface area contributed by atoms with E-state index in [1.54, 1.807) is 9.80 Å². The zero-order chi connectivity index (χ0) is 45.7. The van der Waals surface area contributed by atoms with Crippen molar-refractivity contribution < 1.29 is 34.4 Å². The van der Waals surface area contributed by atoms with Gasteiger partial charge < -0.3 is 24.6 Å². The summed E-state index contributed by atoms with van der Waals surface area (Å²) in [6.45, 7) is 5.81. The fraction of sp³-hybridized carbons (Fsp3) is 0.412. The van der Waals surface area contributed by atoms with Crippen LogP contribution in [0, 0.1) is 17.8 Å². The first-order valence-electron chi connectivity index (χ1n) is 21.9. The van der Waals surface area contributed by atoms with Gasteiger partial charge in [0, 0.05) is 31.1 Å². The molecule has 4 atom stereocenters. The van der Waals surface area contributed by atoms with Crippen LogP contribution in [0.3, 0.4) is 0 Å². The molecule has 6 rings (SSSR count). The van der Waals surface area contributed by atoms with Crippen molar-refractivity contribution in [2.24, 2.45) is 5.92 Å². The lowest BCUT2D eigenvalue weighted by Gasteiger charge is -2.42. The second-order valence-corrected chi connectivity index (χ2v) is 15.7. The zero-order valence-corrected chi connectivity index (χ0v) is 36.9. The molecule has 330 valence electrons. The number of likely N-dealkylation sites (tertiary alicyclic amines) is 2. The Kier molecular flexibility index (Phi) is 19.2. The van der Waals surface area contributed by atoms with Crippen LogP contribution in [0.2, 0.25) is 0 Å². The SMILES string of the molecule is CN[C@H]1CCN(C(=O)C(c2ccccc2)c2ccccc2)[C@H](C(=O)OC)C1.COC(=O)[C@@H]1C[C@@H](N(C)CC#CC(C)C)CCN1C(=O)C(c1ccccc1)c1ccccc1.[2H]CF. The summed E-state index contributed by atoms with van der Waals surface area (Å²) in [6, 6.07) is 38.2. The number of nitrogens with one attached hydrogen (secondary N) is 1. The number of ether oxygens (including phenoxy) is 2. The second kappa shape index (κ2) is 25.2. The average Bonchev–Trinajstić information content (AvgIpc) is 3.32. The Bertz CT molecular complexity index is 1990. The van der Waals surface area contributed by atoms with Gasteiger partial charge in [0.25, 0.3) is 0 Å². The van der Waals surface area contributed by atoms with Crippen LogP contribution in [0.1, 0.15) is 75.0 Å². The van der Waals surface area contributed by atoms with Crippen molar-refractivity contribution in [3.63, 3.8) is 0 Å². The standard InChI is InChI=1S/C28H34N2O3.C22H26N2O3.CH3F/c1-21(2)12-11-18-29(3)24-17-19-30(25(20-24)28(32)33-4)27(31)26(22-13-7-5-8-14-22)23-15-9-6-10-16-23;1-23-18-13-14-24(19(15-18)22(26)27-2)21(25)20(16-9-5-3-6-10-16)17-11-7-4-8-12-17;1-2/h5-10,13-16,21,24-26H,17-20H2,1-4H3;3-12,18-20,23H,13-15H2,1-2H3;1H3/t24-,25-;18-,19-;/m00./s1/i;;1D. The van der Waals surface area contributed by atoms with Crippen LogP contribution in [-0.2, 0) is 28.7 Å². The predicted octanol–water partition coefficient (Wildman–Crippen LogP) is 7.10. The highest BCUT2D eigenvalue weighted by Crippen LogP contribution is 2.33. The Labute approximate surface area is 369 Å². The van der Waals surface area contributed by atoms with E-state index < -0.39 is 31.1 Å². The molecule has 0 saturated carbocycles. The molecule has 0 aromatic heterocycles. The number of piperidine rings is 2. The minimum Gasteiger partial charge on any atom is -0.467 e. The summed E-state index contributed by atoms with van der Waals surface area (Å²) in [5.74, 6) is 4.98. The molecule has 2 amide bonds. The van der Waals surface area contributed by atoms with Gasteiger partial charge in [0.15, 0.2) is 0 Å². The van der Waals surface area contributed by atoms with Crippen LogP contribution in [0.4, 0.5) is 4.39 Å². The van der Waals surface area contributed by atoms with Gasteiger partial charge in [0.1, 0.15) is 12.1 Å². The fourth-order valence-corrected chi connectivity index (χ4v) is 8.19. The molecule has 2 fully saturated rings. The van der Waals surface area contributed by atoms with Gasteiger partial charge >= 0.3 is 11.9 Å². The van der Waals surface area contributed by atoms with Gasteiger partial charge in [-0.25, -0.2) is 9.59 Å². The minimum absolute atomic E-state index is 0.0580. The maximum absolute atomic E-state index is 13.9. The summed E-state index contributed by atoms with van der Waals surface area (Å²) < 4.78 is 25.6. The zero-order valence-electron chi connectivity index (χ0n) is 37.9. The van der Waals surface area contributed by atoms with Crippen LogP contribution >= 0.6 is 0 Å². The highest BCUT2D eigenvalue weighted by Gasteiger charge is 2.42. The van der Waals surface area contributed by atoms with Crippen molar-refractivity contribution in [1.82, 2.24) is 20.0 Å². The number of hydrogen-bond donors (Lipinski definition) is 1. The van der Waals surface area contributed by atoms with Gasteiger partial charge in [-0.05, 0) is 62.0 Å². The topological polar surface area (TPSA) is 108 Å². The Balaban J connectivity index is 0.000000265. The Morgan fingerprint density at radius 3 is 1.44 bits per heavy atom. The smallest absolute Gasteiger partial charge is 0.328 e. The normalized spacial score (nSPS) is 18.6. The Hall–Kier alpha value is -5.83. The molecule has 2 saturated heterocycles. The lowest BCUT2D eigenvalue weighted by atomic mass is 9.87. The number of rotatable bonds is 11. The van der Waals surface area contributed by atoms with E-state index in [1.165, 1.54) is 14.2 Å². The molecule has 0 aliphatic carbocycles. The number of benzene rings is 4. The molecule has 62 heavy (non-hydrogen) atoms. The Morgan fingerprint density at radius 1 is 0.710 bits per heavy atom. The van der Waals surface area contributed by atoms with E-state index in [4.69, 9.17) is 10.8 Å². The van der Waals surface area contributed by atoms with Crippen molar-refractivity contribution in [2.75, 3.05) is 55.1 Å². The fourth-order valence-electron chi connectivity index (χ4n) is 8.19. The van der Waals surface area contributed by atoms with Crippen LogP contribution in [0.25, 0.3) is 0 Å². The molecule has 2 aliphatic heterocycles. The number of esters is 2. The molecule has 11 heteroatoms. The summed E-state index contributed by atoms with van der Waals surface area (Å²) >= 11 is 0. The van der Waals surface area contributed by atoms with E-state index in [2.05, 4.69) is 35.9 Å². The van der Waals surface area contributed by atoms with Gasteiger partial charge in [0.2, 0.25) is 11.8 Å². The average molecular weight is 848 g/mol. The molecule has 0 bridgehead atoms. The van der Waals surface area contributed by atoms with E-state index in [0.29, 0.717) is 38.4 Å². The van der Waals surface area contributed by atoms with E-state index >= 15 is 0 Å². The summed E-state index contributed by atoms with van der Waals surface area (Å²) in [5, 5.41) is 3.22. The van der Waals surface area contributed by atoms with Crippen molar-refractivity contribution in [2.45, 2.75) is 75.5 Å². The number of nitrogens with zero attached hydrogens (tertiary/aromatic N) is 3. The van der Waals surface area contributed by atoms with Crippen LogP contribution in [0.5, 0.6) is 0 Å². The van der Waals surface area contributed by atoms with E-state index in [9.17, 15) is 23.6 Å². The quantitative estimate of drug-likeness (QED) is 0.126. The molecular formula is C51H63FN4O6. The third-order valence-corrected chi connectivity index (χ3v) is 11.5. The Morgan fingerprint density at radius 2 is 1.08 bits per heavy atom. The molecule has 0 radical (unpaired) electrons. The number of hydrogen-bond acceptors (Lipinski definition) is 8. The summed E-state index contributed by atoms with van der Waals surface area (Å²) in [5.41, 5.74) is 3.68. The molecule has 4 aromatic rings. The van der Waals surface area contributed by atoms with Crippen LogP contribution in [0.15, 0.2) is 121 Å². The largest absolute Gasteiger partial charge is 0.467 e. The van der Waals surface area contributed by atoms with Crippen molar-refractivity contribution in [3.05, 3.63) is 144 Å².